The molecule has 2 N–H and O–H groups in total. The Morgan fingerprint density at radius 2 is 2.06 bits per heavy atom. The van der Waals surface area contributed by atoms with Gasteiger partial charge in [-0.05, 0) is 54.8 Å². The highest BCUT2D eigenvalue weighted by molar-refractivity contribution is 5.66. The lowest BCUT2D eigenvalue weighted by atomic mass is 9.99. The van der Waals surface area contributed by atoms with Gasteiger partial charge in [-0.2, -0.15) is 5.26 Å². The van der Waals surface area contributed by atoms with Crippen molar-refractivity contribution in [1.29, 1.82) is 5.26 Å². The largest absolute Gasteiger partial charge is 0.508 e. The van der Waals surface area contributed by atoms with Crippen LogP contribution in [-0.2, 0) is 11.4 Å². The smallest absolute Gasteiger partial charge is 0.303 e. The summed E-state index contributed by atoms with van der Waals surface area (Å²) in [7, 11) is 0. The summed E-state index contributed by atoms with van der Waals surface area (Å²) in [6.45, 7) is 2.15. The fraction of sp³-hybridized carbons (Fsp3) is 0.208. The fourth-order valence-electron chi connectivity index (χ4n) is 3.09. The van der Waals surface area contributed by atoms with Crippen LogP contribution in [0.4, 0.5) is 0 Å². The summed E-state index contributed by atoms with van der Waals surface area (Å²) in [5, 5.41) is 28.5. The van der Waals surface area contributed by atoms with Crippen LogP contribution in [0.3, 0.4) is 0 Å². The van der Waals surface area contributed by atoms with Crippen molar-refractivity contribution in [3.05, 3.63) is 83.2 Å². The minimum absolute atomic E-state index is 0.0542. The summed E-state index contributed by atoms with van der Waals surface area (Å²) in [6, 6.07) is 15.5. The molecule has 1 unspecified atom stereocenters. The molecule has 0 aliphatic heterocycles. The average Bonchev–Trinajstić information content (AvgIpc) is 2.77. The molecule has 3 rings (SSSR count). The van der Waals surface area contributed by atoms with E-state index in [1.165, 1.54) is 0 Å². The number of phenols is 1. The van der Waals surface area contributed by atoms with Crippen LogP contribution in [0.25, 0.3) is 0 Å². The predicted octanol–water partition coefficient (Wildman–Crippen LogP) is 4.53. The van der Waals surface area contributed by atoms with Crippen molar-refractivity contribution in [1.82, 2.24) is 4.98 Å². The number of carbonyl (C=O) groups is 1. The SMILES string of the molecule is Cc1ccc(O)cc1C(CCC(=O)O)Oc1cc(OCc2cccnc2)ccc1C#N. The number of aryl methyl sites for hydroxylation is 1. The molecule has 1 atom stereocenters. The van der Waals surface area contributed by atoms with Gasteiger partial charge >= 0.3 is 5.97 Å². The van der Waals surface area contributed by atoms with E-state index in [0.29, 0.717) is 23.5 Å². The highest BCUT2D eigenvalue weighted by Crippen LogP contribution is 2.34. The van der Waals surface area contributed by atoms with E-state index in [-0.39, 0.29) is 24.3 Å². The number of aromatic hydroxyl groups is 1. The Morgan fingerprint density at radius 3 is 2.77 bits per heavy atom. The molecule has 0 saturated heterocycles. The summed E-state index contributed by atoms with van der Waals surface area (Å²) in [4.78, 5) is 15.2. The third-order valence-corrected chi connectivity index (χ3v) is 4.70. The Morgan fingerprint density at radius 1 is 1.23 bits per heavy atom. The molecule has 0 radical (unpaired) electrons. The molecule has 7 nitrogen and oxygen atoms in total. The Balaban J connectivity index is 1.87. The number of hydrogen-bond acceptors (Lipinski definition) is 6. The van der Waals surface area contributed by atoms with Gasteiger partial charge in [0.1, 0.15) is 36.0 Å². The molecule has 3 aromatic rings. The number of pyridine rings is 1. The second kappa shape index (κ2) is 10.1. The van der Waals surface area contributed by atoms with E-state index in [1.807, 2.05) is 19.1 Å². The Bertz CT molecular complexity index is 1090. The summed E-state index contributed by atoms with van der Waals surface area (Å²) in [5.74, 6) is -0.120. The number of aliphatic carboxylic acids is 1. The average molecular weight is 418 g/mol. The van der Waals surface area contributed by atoms with E-state index in [4.69, 9.17) is 14.6 Å². The summed E-state index contributed by atoms with van der Waals surface area (Å²) in [6.07, 6.45) is 2.76. The summed E-state index contributed by atoms with van der Waals surface area (Å²) >= 11 is 0. The molecule has 0 amide bonds. The number of benzene rings is 2. The lowest BCUT2D eigenvalue weighted by molar-refractivity contribution is -0.137. The Kier molecular flexibility index (Phi) is 7.07. The zero-order valence-corrected chi connectivity index (χ0v) is 17.0. The molecule has 0 aliphatic carbocycles. The number of phenolic OH excluding ortho intramolecular Hbond substituents is 1. The van der Waals surface area contributed by atoms with Crippen LogP contribution in [0.1, 0.15) is 41.2 Å². The predicted molar refractivity (Wildman–Crippen MR) is 113 cm³/mol. The maximum Gasteiger partial charge on any atom is 0.303 e. The van der Waals surface area contributed by atoms with Gasteiger partial charge in [-0.1, -0.05) is 12.1 Å². The van der Waals surface area contributed by atoms with E-state index in [2.05, 4.69) is 11.1 Å². The van der Waals surface area contributed by atoms with Gasteiger partial charge < -0.3 is 19.7 Å². The van der Waals surface area contributed by atoms with E-state index in [9.17, 15) is 15.2 Å². The Hall–Kier alpha value is -4.05. The van der Waals surface area contributed by atoms with Gasteiger partial charge in [0.05, 0.1) is 5.56 Å². The quantitative estimate of drug-likeness (QED) is 0.525. The van der Waals surface area contributed by atoms with Crippen LogP contribution in [0, 0.1) is 18.3 Å². The number of hydrogen-bond donors (Lipinski definition) is 2. The second-order valence-corrected chi connectivity index (χ2v) is 7.00. The molecule has 7 heteroatoms. The zero-order valence-electron chi connectivity index (χ0n) is 17.0. The number of ether oxygens (including phenoxy) is 2. The van der Waals surface area contributed by atoms with Gasteiger partial charge in [-0.15, -0.1) is 0 Å². The van der Waals surface area contributed by atoms with Crippen molar-refractivity contribution in [2.45, 2.75) is 32.5 Å². The second-order valence-electron chi connectivity index (χ2n) is 7.00. The van der Waals surface area contributed by atoms with Crippen molar-refractivity contribution >= 4 is 5.97 Å². The van der Waals surface area contributed by atoms with E-state index in [1.54, 1.807) is 48.8 Å². The molecule has 1 aromatic heterocycles. The van der Waals surface area contributed by atoms with E-state index < -0.39 is 12.1 Å². The monoisotopic (exact) mass is 418 g/mol. The maximum absolute atomic E-state index is 11.2. The molecule has 0 aliphatic rings. The van der Waals surface area contributed by atoms with Crippen LogP contribution < -0.4 is 9.47 Å². The molecule has 158 valence electrons. The Labute approximate surface area is 180 Å². The number of rotatable bonds is 9. The third kappa shape index (κ3) is 5.97. The van der Waals surface area contributed by atoms with Crippen LogP contribution in [0.5, 0.6) is 17.2 Å². The molecule has 0 bridgehead atoms. The van der Waals surface area contributed by atoms with Crippen LogP contribution in [0.15, 0.2) is 60.9 Å². The van der Waals surface area contributed by atoms with Crippen molar-refractivity contribution in [3.63, 3.8) is 0 Å². The first-order valence-electron chi connectivity index (χ1n) is 9.70. The lowest BCUT2D eigenvalue weighted by Crippen LogP contribution is -2.12. The minimum atomic E-state index is -0.958. The van der Waals surface area contributed by atoms with Crippen molar-refractivity contribution < 1.29 is 24.5 Å². The molecule has 1 heterocycles. The molecule has 0 spiro atoms. The lowest BCUT2D eigenvalue weighted by Gasteiger charge is -2.22. The standard InChI is InChI=1S/C24H22N2O5/c1-16-4-6-19(27)11-21(16)22(8-9-24(28)29)31-23-12-20(7-5-18(23)13-25)30-15-17-3-2-10-26-14-17/h2-7,10-12,14,22,27H,8-9,15H2,1H3,(H,28,29). The first-order chi connectivity index (χ1) is 15.0. The van der Waals surface area contributed by atoms with Crippen LogP contribution in [-0.4, -0.2) is 21.2 Å². The maximum atomic E-state index is 11.2. The van der Waals surface area contributed by atoms with E-state index in [0.717, 1.165) is 11.1 Å². The minimum Gasteiger partial charge on any atom is -0.508 e. The van der Waals surface area contributed by atoms with Gasteiger partial charge in [0.2, 0.25) is 0 Å². The van der Waals surface area contributed by atoms with Crippen molar-refractivity contribution in [2.75, 3.05) is 0 Å². The normalized spacial score (nSPS) is 11.4. The number of aromatic nitrogens is 1. The number of carboxylic acids is 1. The summed E-state index contributed by atoms with van der Waals surface area (Å²) in [5.41, 5.74) is 2.69. The van der Waals surface area contributed by atoms with Crippen LogP contribution >= 0.6 is 0 Å². The van der Waals surface area contributed by atoms with Crippen molar-refractivity contribution in [2.24, 2.45) is 0 Å². The van der Waals surface area contributed by atoms with E-state index >= 15 is 0 Å². The van der Waals surface area contributed by atoms with Gasteiger partial charge in [-0.25, -0.2) is 0 Å². The number of nitriles is 1. The molecular weight excluding hydrogens is 396 g/mol. The zero-order chi connectivity index (χ0) is 22.2. The van der Waals surface area contributed by atoms with Gasteiger partial charge in [0.15, 0.2) is 0 Å². The fourth-order valence-corrected chi connectivity index (χ4v) is 3.09. The molecule has 31 heavy (non-hydrogen) atoms. The first kappa shape index (κ1) is 21.7. The van der Waals surface area contributed by atoms with Gasteiger partial charge in [-0.3, -0.25) is 9.78 Å². The van der Waals surface area contributed by atoms with Crippen LogP contribution in [0.2, 0.25) is 0 Å². The molecule has 2 aromatic carbocycles. The van der Waals surface area contributed by atoms with Crippen molar-refractivity contribution in [3.8, 4) is 23.3 Å². The molecular formula is C24H22N2O5. The number of carboxylic acid groups (broad SMARTS) is 1. The first-order valence-corrected chi connectivity index (χ1v) is 9.70. The highest BCUT2D eigenvalue weighted by atomic mass is 16.5. The van der Waals surface area contributed by atoms with Gasteiger partial charge in [0.25, 0.3) is 0 Å². The molecule has 0 fully saturated rings. The van der Waals surface area contributed by atoms with Gasteiger partial charge in [0, 0.05) is 30.4 Å². The molecule has 0 saturated carbocycles. The topological polar surface area (TPSA) is 113 Å². The third-order valence-electron chi connectivity index (χ3n) is 4.70. The number of nitrogens with zero attached hydrogens (tertiary/aromatic N) is 2. The summed E-state index contributed by atoms with van der Waals surface area (Å²) < 4.78 is 11.9. The highest BCUT2D eigenvalue weighted by Gasteiger charge is 2.20.